The van der Waals surface area contributed by atoms with Gasteiger partial charge in [0.1, 0.15) is 0 Å². The minimum absolute atomic E-state index is 0.0671. The van der Waals surface area contributed by atoms with Crippen molar-refractivity contribution in [3.63, 3.8) is 0 Å². The summed E-state index contributed by atoms with van der Waals surface area (Å²) in [5, 5.41) is 18.7. The van der Waals surface area contributed by atoms with Gasteiger partial charge in [0.15, 0.2) is 5.82 Å². The van der Waals surface area contributed by atoms with Gasteiger partial charge in [0.05, 0.1) is 5.39 Å². The van der Waals surface area contributed by atoms with E-state index in [0.717, 1.165) is 23.8 Å². The van der Waals surface area contributed by atoms with E-state index in [4.69, 9.17) is 16.1 Å². The van der Waals surface area contributed by atoms with Crippen LogP contribution in [0.5, 0.6) is 0 Å². The van der Waals surface area contributed by atoms with Crippen molar-refractivity contribution in [1.82, 2.24) is 25.7 Å². The number of aromatic amines is 1. The lowest BCUT2D eigenvalue weighted by Gasteiger charge is -2.08. The van der Waals surface area contributed by atoms with Gasteiger partial charge < -0.3 is 15.2 Å². The van der Waals surface area contributed by atoms with Gasteiger partial charge in [0.2, 0.25) is 17.6 Å². The Balaban J connectivity index is 1.14. The number of rotatable bonds is 10. The molecule has 0 saturated heterocycles. The molecule has 0 aliphatic heterocycles. The second-order valence-electron chi connectivity index (χ2n) is 7.45. The number of hydrogen-bond acceptors (Lipinski definition) is 7. The van der Waals surface area contributed by atoms with Crippen LogP contribution < -0.4 is 16.2 Å². The highest BCUT2D eigenvalue weighted by atomic mass is 35.5. The van der Waals surface area contributed by atoms with Gasteiger partial charge in [0, 0.05) is 41.9 Å². The summed E-state index contributed by atoms with van der Waals surface area (Å²) in [5.74, 6) is 1.47. The Labute approximate surface area is 194 Å². The molecule has 4 aromatic rings. The van der Waals surface area contributed by atoms with Gasteiger partial charge in [-0.05, 0) is 43.2 Å². The highest BCUT2D eigenvalue weighted by Crippen LogP contribution is 2.19. The molecule has 2 heterocycles. The molecule has 170 valence electrons. The Hall–Kier alpha value is -3.72. The van der Waals surface area contributed by atoms with Crippen LogP contribution in [0.25, 0.3) is 22.2 Å². The number of aryl methyl sites for hydroxylation is 1. The standard InChI is InChI=1S/C23H23ClN6O3/c24-16-9-7-15(8-10-16)21-27-20(33-30-21)12-11-19(31)25-13-3-4-14-26-22-17-5-1-2-6-18(17)23(32)29-28-22/h1-2,5-10H,3-4,11-14H2,(H,25,31)(H,26,28)(H,29,32). The first-order chi connectivity index (χ1) is 16.1. The van der Waals surface area contributed by atoms with Crippen LogP contribution in [0, 0.1) is 0 Å². The summed E-state index contributed by atoms with van der Waals surface area (Å²) in [6.07, 6.45) is 2.29. The van der Waals surface area contributed by atoms with Gasteiger partial charge in [-0.2, -0.15) is 10.1 Å². The fraction of sp³-hybridized carbons (Fsp3) is 0.261. The minimum Gasteiger partial charge on any atom is -0.368 e. The monoisotopic (exact) mass is 466 g/mol. The molecule has 0 radical (unpaired) electrons. The number of fused-ring (bicyclic) bond motifs is 1. The van der Waals surface area contributed by atoms with E-state index in [9.17, 15) is 9.59 Å². The largest absolute Gasteiger partial charge is 0.368 e. The number of nitrogens with one attached hydrogen (secondary N) is 3. The van der Waals surface area contributed by atoms with E-state index in [1.54, 1.807) is 18.2 Å². The third-order valence-electron chi connectivity index (χ3n) is 5.05. The maximum atomic E-state index is 12.1. The lowest BCUT2D eigenvalue weighted by Crippen LogP contribution is -2.25. The van der Waals surface area contributed by atoms with Crippen molar-refractivity contribution < 1.29 is 9.32 Å². The Morgan fingerprint density at radius 2 is 1.79 bits per heavy atom. The molecular weight excluding hydrogens is 444 g/mol. The number of unbranched alkanes of at least 4 members (excludes halogenated alkanes) is 1. The van der Waals surface area contributed by atoms with Crippen molar-refractivity contribution >= 4 is 34.1 Å². The topological polar surface area (TPSA) is 126 Å². The summed E-state index contributed by atoms with van der Waals surface area (Å²) in [6.45, 7) is 1.24. The zero-order valence-corrected chi connectivity index (χ0v) is 18.6. The fourth-order valence-corrected chi connectivity index (χ4v) is 3.44. The number of nitrogens with zero attached hydrogens (tertiary/aromatic N) is 3. The number of carbonyl (C=O) groups excluding carboxylic acids is 1. The van der Waals surface area contributed by atoms with Gasteiger partial charge in [-0.3, -0.25) is 9.59 Å². The van der Waals surface area contributed by atoms with Crippen LogP contribution in [0.3, 0.4) is 0 Å². The number of carbonyl (C=O) groups is 1. The first-order valence-corrected chi connectivity index (χ1v) is 11.0. The molecule has 0 aliphatic carbocycles. The van der Waals surface area contributed by atoms with Gasteiger partial charge >= 0.3 is 0 Å². The molecule has 33 heavy (non-hydrogen) atoms. The number of benzene rings is 2. The quantitative estimate of drug-likeness (QED) is 0.305. The normalized spacial score (nSPS) is 10.9. The Morgan fingerprint density at radius 3 is 2.61 bits per heavy atom. The van der Waals surface area contributed by atoms with E-state index >= 15 is 0 Å². The molecule has 0 saturated carbocycles. The van der Waals surface area contributed by atoms with Gasteiger partial charge in [-0.15, -0.1) is 0 Å². The molecule has 2 aromatic heterocycles. The number of aromatic nitrogens is 4. The van der Waals surface area contributed by atoms with E-state index in [1.807, 2.05) is 30.3 Å². The van der Waals surface area contributed by atoms with Gasteiger partial charge in [-0.1, -0.05) is 35.0 Å². The van der Waals surface area contributed by atoms with Gasteiger partial charge in [-0.25, -0.2) is 5.10 Å². The molecule has 4 rings (SSSR count). The summed E-state index contributed by atoms with van der Waals surface area (Å²) >= 11 is 5.89. The average molecular weight is 467 g/mol. The molecule has 0 bridgehead atoms. The second-order valence-corrected chi connectivity index (χ2v) is 7.89. The zero-order chi connectivity index (χ0) is 23.0. The first kappa shape index (κ1) is 22.5. The van der Waals surface area contributed by atoms with Crippen LogP contribution in [0.15, 0.2) is 57.8 Å². The van der Waals surface area contributed by atoms with Crippen molar-refractivity contribution in [2.24, 2.45) is 0 Å². The van der Waals surface area contributed by atoms with E-state index in [-0.39, 0.29) is 17.9 Å². The summed E-state index contributed by atoms with van der Waals surface area (Å²) in [5.41, 5.74) is 0.595. The molecule has 0 aliphatic rings. The number of halogens is 1. The highest BCUT2D eigenvalue weighted by molar-refractivity contribution is 6.30. The fourth-order valence-electron chi connectivity index (χ4n) is 3.32. The minimum atomic E-state index is -0.208. The van der Waals surface area contributed by atoms with Crippen LogP contribution in [-0.2, 0) is 11.2 Å². The molecule has 0 atom stereocenters. The third kappa shape index (κ3) is 5.95. The third-order valence-corrected chi connectivity index (χ3v) is 5.30. The van der Waals surface area contributed by atoms with E-state index in [1.165, 1.54) is 0 Å². The van der Waals surface area contributed by atoms with Gasteiger partial charge in [0.25, 0.3) is 5.56 Å². The SMILES string of the molecule is O=C(CCc1nc(-c2ccc(Cl)cc2)no1)NCCCCNc1n[nH]c(=O)c2ccccc12. The van der Waals surface area contributed by atoms with Crippen molar-refractivity contribution in [3.05, 3.63) is 69.8 Å². The molecule has 1 amide bonds. The van der Waals surface area contributed by atoms with Crippen LogP contribution in [0.4, 0.5) is 5.82 Å². The molecule has 0 spiro atoms. The van der Waals surface area contributed by atoms with E-state index < -0.39 is 0 Å². The van der Waals surface area contributed by atoms with Crippen LogP contribution in [0.1, 0.15) is 25.2 Å². The lowest BCUT2D eigenvalue weighted by molar-refractivity contribution is -0.121. The number of amides is 1. The van der Waals surface area contributed by atoms with Crippen molar-refractivity contribution in [2.75, 3.05) is 18.4 Å². The smallest absolute Gasteiger partial charge is 0.272 e. The van der Waals surface area contributed by atoms with Crippen LogP contribution in [0.2, 0.25) is 5.02 Å². The molecule has 10 heteroatoms. The van der Waals surface area contributed by atoms with Crippen molar-refractivity contribution in [2.45, 2.75) is 25.7 Å². The molecule has 3 N–H and O–H groups in total. The summed E-state index contributed by atoms with van der Waals surface area (Å²) in [7, 11) is 0. The summed E-state index contributed by atoms with van der Waals surface area (Å²) in [6, 6.07) is 14.5. The van der Waals surface area contributed by atoms with Crippen molar-refractivity contribution in [1.29, 1.82) is 0 Å². The maximum absolute atomic E-state index is 12.1. The zero-order valence-electron chi connectivity index (χ0n) is 17.8. The Kier molecular flexibility index (Phi) is 7.31. The molecule has 0 unspecified atom stereocenters. The molecule has 2 aromatic carbocycles. The predicted octanol–water partition coefficient (Wildman–Crippen LogP) is 3.57. The number of H-pyrrole nitrogens is 1. The number of hydrogen-bond donors (Lipinski definition) is 3. The van der Waals surface area contributed by atoms with Crippen molar-refractivity contribution in [3.8, 4) is 11.4 Å². The average Bonchev–Trinajstić information content (AvgIpc) is 3.31. The Morgan fingerprint density at radius 1 is 1.03 bits per heavy atom. The summed E-state index contributed by atoms with van der Waals surface area (Å²) < 4.78 is 5.23. The maximum Gasteiger partial charge on any atom is 0.272 e. The van der Waals surface area contributed by atoms with Crippen LogP contribution in [-0.4, -0.2) is 39.3 Å². The van der Waals surface area contributed by atoms with E-state index in [2.05, 4.69) is 31.0 Å². The van der Waals surface area contributed by atoms with Crippen LogP contribution >= 0.6 is 11.6 Å². The Bertz CT molecular complexity index is 1290. The first-order valence-electron chi connectivity index (χ1n) is 10.7. The highest BCUT2D eigenvalue weighted by Gasteiger charge is 2.11. The van der Waals surface area contributed by atoms with E-state index in [0.29, 0.717) is 47.5 Å². The number of anilines is 1. The molecule has 0 fully saturated rings. The molecular formula is C23H23ClN6O3. The summed E-state index contributed by atoms with van der Waals surface area (Å²) in [4.78, 5) is 28.2. The lowest BCUT2D eigenvalue weighted by atomic mass is 10.2. The predicted molar refractivity (Wildman–Crippen MR) is 126 cm³/mol. The molecule has 9 nitrogen and oxygen atoms in total. The second kappa shape index (κ2) is 10.7.